The standard InChI is InChI=1S/C13H11N3OS2/c14-13(17)10-7-8-3-1-4-9(12(8)15-10)16-19-11-5-2-6-18-11/h1-7,15-16H,(H2,14,17). The summed E-state index contributed by atoms with van der Waals surface area (Å²) >= 11 is 3.22. The molecule has 0 spiro atoms. The Morgan fingerprint density at radius 1 is 1.32 bits per heavy atom. The molecule has 1 aromatic carbocycles. The maximum Gasteiger partial charge on any atom is 0.265 e. The summed E-state index contributed by atoms with van der Waals surface area (Å²) in [5.41, 5.74) is 7.53. The molecule has 0 bridgehead atoms. The molecule has 0 aliphatic heterocycles. The Bertz CT molecular complexity index is 719. The van der Waals surface area contributed by atoms with Gasteiger partial charge in [-0.15, -0.1) is 11.3 Å². The number of amides is 1. The summed E-state index contributed by atoms with van der Waals surface area (Å²) < 4.78 is 4.47. The number of benzene rings is 1. The number of para-hydroxylation sites is 1. The van der Waals surface area contributed by atoms with E-state index in [1.54, 1.807) is 29.4 Å². The molecule has 96 valence electrons. The molecule has 0 saturated heterocycles. The van der Waals surface area contributed by atoms with E-state index in [1.807, 2.05) is 35.7 Å². The molecule has 0 saturated carbocycles. The molecule has 0 fully saturated rings. The summed E-state index contributed by atoms with van der Waals surface area (Å²) in [4.78, 5) is 14.2. The molecule has 0 atom stereocenters. The maximum atomic E-state index is 11.2. The van der Waals surface area contributed by atoms with Crippen LogP contribution in [-0.2, 0) is 0 Å². The van der Waals surface area contributed by atoms with Gasteiger partial charge in [-0.05, 0) is 35.5 Å². The van der Waals surface area contributed by atoms with Gasteiger partial charge in [-0.1, -0.05) is 18.2 Å². The molecule has 6 heteroatoms. The lowest BCUT2D eigenvalue weighted by Gasteiger charge is -2.04. The van der Waals surface area contributed by atoms with E-state index in [-0.39, 0.29) is 0 Å². The number of nitrogens with two attached hydrogens (primary N) is 1. The third kappa shape index (κ3) is 2.45. The Labute approximate surface area is 118 Å². The molecule has 4 N–H and O–H groups in total. The molecule has 0 unspecified atom stereocenters. The summed E-state index contributed by atoms with van der Waals surface area (Å²) in [6.45, 7) is 0. The average Bonchev–Trinajstić information content (AvgIpc) is 3.05. The number of aromatic amines is 1. The highest BCUT2D eigenvalue weighted by atomic mass is 32.2. The zero-order valence-electron chi connectivity index (χ0n) is 9.84. The lowest BCUT2D eigenvalue weighted by atomic mass is 10.2. The van der Waals surface area contributed by atoms with Crippen LogP contribution in [0.2, 0.25) is 0 Å². The first-order chi connectivity index (χ1) is 9.24. The van der Waals surface area contributed by atoms with Gasteiger partial charge in [-0.3, -0.25) is 4.79 Å². The Morgan fingerprint density at radius 2 is 2.21 bits per heavy atom. The molecule has 3 rings (SSSR count). The number of anilines is 1. The molecule has 0 aliphatic carbocycles. The van der Waals surface area contributed by atoms with Crippen molar-refractivity contribution < 1.29 is 4.79 Å². The average molecular weight is 289 g/mol. The van der Waals surface area contributed by atoms with E-state index in [0.29, 0.717) is 5.69 Å². The number of carbonyl (C=O) groups is 1. The lowest BCUT2D eigenvalue weighted by Crippen LogP contribution is -2.10. The van der Waals surface area contributed by atoms with Gasteiger partial charge in [-0.25, -0.2) is 0 Å². The van der Waals surface area contributed by atoms with Crippen LogP contribution >= 0.6 is 23.3 Å². The number of primary amides is 1. The van der Waals surface area contributed by atoms with Crippen LogP contribution in [0.4, 0.5) is 5.69 Å². The second kappa shape index (κ2) is 4.99. The normalized spacial score (nSPS) is 10.7. The third-order valence-electron chi connectivity index (χ3n) is 2.68. The number of carbonyl (C=O) groups excluding carboxylic acids is 1. The van der Waals surface area contributed by atoms with Gasteiger partial charge in [0.1, 0.15) is 5.69 Å². The molecular weight excluding hydrogens is 278 g/mol. The van der Waals surface area contributed by atoms with Crippen molar-refractivity contribution in [3.8, 4) is 0 Å². The second-order valence-electron chi connectivity index (χ2n) is 3.95. The number of thiophene rings is 1. The number of aromatic nitrogens is 1. The van der Waals surface area contributed by atoms with Crippen molar-refractivity contribution in [3.63, 3.8) is 0 Å². The molecule has 2 heterocycles. The monoisotopic (exact) mass is 289 g/mol. The first-order valence-corrected chi connectivity index (χ1v) is 7.31. The summed E-state index contributed by atoms with van der Waals surface area (Å²) in [7, 11) is 0. The van der Waals surface area contributed by atoms with Crippen LogP contribution in [0, 0.1) is 0 Å². The second-order valence-corrected chi connectivity index (χ2v) is 6.01. The zero-order chi connectivity index (χ0) is 13.2. The van der Waals surface area contributed by atoms with Crippen LogP contribution in [0.1, 0.15) is 10.5 Å². The molecule has 1 amide bonds. The Balaban J connectivity index is 1.92. The first-order valence-electron chi connectivity index (χ1n) is 5.62. The SMILES string of the molecule is NC(=O)c1cc2cccc(NSc3cccs3)c2[nH]1. The highest BCUT2D eigenvalue weighted by molar-refractivity contribution is 8.02. The largest absolute Gasteiger partial charge is 0.364 e. The molecular formula is C13H11N3OS2. The summed E-state index contributed by atoms with van der Waals surface area (Å²) in [5, 5.41) is 3.00. The van der Waals surface area contributed by atoms with Crippen molar-refractivity contribution in [2.45, 2.75) is 4.21 Å². The first kappa shape index (κ1) is 12.1. The van der Waals surface area contributed by atoms with Gasteiger partial charge in [0.25, 0.3) is 5.91 Å². The van der Waals surface area contributed by atoms with E-state index < -0.39 is 5.91 Å². The zero-order valence-corrected chi connectivity index (χ0v) is 11.5. The van der Waals surface area contributed by atoms with Gasteiger partial charge in [-0.2, -0.15) is 0 Å². The van der Waals surface area contributed by atoms with E-state index >= 15 is 0 Å². The van der Waals surface area contributed by atoms with Crippen LogP contribution < -0.4 is 10.5 Å². The lowest BCUT2D eigenvalue weighted by molar-refractivity contribution is 0.0996. The Hall–Kier alpha value is -1.92. The van der Waals surface area contributed by atoms with Crippen LogP contribution in [0.3, 0.4) is 0 Å². The predicted molar refractivity (Wildman–Crippen MR) is 80.6 cm³/mol. The van der Waals surface area contributed by atoms with Crippen LogP contribution in [0.25, 0.3) is 10.9 Å². The minimum atomic E-state index is -0.451. The summed E-state index contributed by atoms with van der Waals surface area (Å²) in [6.07, 6.45) is 0. The van der Waals surface area contributed by atoms with Crippen LogP contribution in [0.5, 0.6) is 0 Å². The van der Waals surface area contributed by atoms with Crippen molar-refractivity contribution in [2.24, 2.45) is 5.73 Å². The van der Waals surface area contributed by atoms with Crippen molar-refractivity contribution >= 4 is 45.8 Å². The van der Waals surface area contributed by atoms with E-state index in [1.165, 1.54) is 4.21 Å². The van der Waals surface area contributed by atoms with Gasteiger partial charge >= 0.3 is 0 Å². The Morgan fingerprint density at radius 3 is 2.95 bits per heavy atom. The number of hydrogen-bond donors (Lipinski definition) is 3. The highest BCUT2D eigenvalue weighted by Gasteiger charge is 2.08. The van der Waals surface area contributed by atoms with Crippen molar-refractivity contribution in [2.75, 3.05) is 4.72 Å². The minimum absolute atomic E-state index is 0.422. The molecule has 0 radical (unpaired) electrons. The van der Waals surface area contributed by atoms with Crippen LogP contribution in [-0.4, -0.2) is 10.9 Å². The van der Waals surface area contributed by atoms with E-state index in [2.05, 4.69) is 9.71 Å². The van der Waals surface area contributed by atoms with E-state index in [9.17, 15) is 4.79 Å². The fourth-order valence-corrected chi connectivity index (χ4v) is 3.26. The van der Waals surface area contributed by atoms with E-state index in [4.69, 9.17) is 5.73 Å². The third-order valence-corrected chi connectivity index (χ3v) is 4.54. The van der Waals surface area contributed by atoms with Crippen molar-refractivity contribution in [1.29, 1.82) is 0 Å². The molecule has 0 aliphatic rings. The van der Waals surface area contributed by atoms with Gasteiger partial charge < -0.3 is 15.4 Å². The summed E-state index contributed by atoms with van der Waals surface area (Å²) in [5.74, 6) is -0.451. The molecule has 3 aromatic rings. The van der Waals surface area contributed by atoms with Gasteiger partial charge in [0, 0.05) is 5.39 Å². The maximum absolute atomic E-state index is 11.2. The van der Waals surface area contributed by atoms with E-state index in [0.717, 1.165) is 16.6 Å². The summed E-state index contributed by atoms with van der Waals surface area (Å²) in [6, 6.07) is 11.7. The number of hydrogen-bond acceptors (Lipinski definition) is 4. The fraction of sp³-hybridized carbons (Fsp3) is 0. The van der Waals surface area contributed by atoms with Crippen molar-refractivity contribution in [1.82, 2.24) is 4.98 Å². The van der Waals surface area contributed by atoms with Gasteiger partial charge in [0.05, 0.1) is 15.4 Å². The number of H-pyrrole nitrogens is 1. The molecule has 4 nitrogen and oxygen atoms in total. The number of fused-ring (bicyclic) bond motifs is 1. The fourth-order valence-electron chi connectivity index (χ4n) is 1.80. The van der Waals surface area contributed by atoms with Crippen molar-refractivity contribution in [3.05, 3.63) is 47.5 Å². The minimum Gasteiger partial charge on any atom is -0.364 e. The van der Waals surface area contributed by atoms with Crippen LogP contribution in [0.15, 0.2) is 46.0 Å². The molecule has 19 heavy (non-hydrogen) atoms. The smallest absolute Gasteiger partial charge is 0.265 e. The topological polar surface area (TPSA) is 70.9 Å². The predicted octanol–water partition coefficient (Wildman–Crippen LogP) is 3.45. The quantitative estimate of drug-likeness (QED) is 0.644. The highest BCUT2D eigenvalue weighted by Crippen LogP contribution is 2.29. The Kier molecular flexibility index (Phi) is 3.18. The number of nitrogens with one attached hydrogen (secondary N) is 2. The van der Waals surface area contributed by atoms with Gasteiger partial charge in [0.15, 0.2) is 0 Å². The van der Waals surface area contributed by atoms with Gasteiger partial charge in [0.2, 0.25) is 0 Å². The molecule has 2 aromatic heterocycles. The number of rotatable bonds is 4.